The lowest BCUT2D eigenvalue weighted by Gasteiger charge is -2.32. The molecule has 0 aromatic carbocycles. The topological polar surface area (TPSA) is 79.8 Å². The first-order chi connectivity index (χ1) is 12.0. The molecule has 2 rings (SSSR count). The summed E-state index contributed by atoms with van der Waals surface area (Å²) < 4.78 is 66.7. The molecule has 1 aliphatic heterocycles. The van der Waals surface area contributed by atoms with Crippen molar-refractivity contribution < 1.29 is 31.1 Å². The van der Waals surface area contributed by atoms with E-state index in [2.05, 4.69) is 4.98 Å². The van der Waals surface area contributed by atoms with Gasteiger partial charge in [0, 0.05) is 45.2 Å². The van der Waals surface area contributed by atoms with Crippen molar-refractivity contribution in [1.82, 2.24) is 14.2 Å². The number of ether oxygens (including phenoxy) is 1. The van der Waals surface area contributed by atoms with Gasteiger partial charge in [0.1, 0.15) is 6.10 Å². The molecule has 0 unspecified atom stereocenters. The lowest BCUT2D eigenvalue weighted by atomic mass is 10.1. The molecule has 26 heavy (non-hydrogen) atoms. The Hall–Kier alpha value is -1.88. The number of likely N-dealkylation sites (N-methyl/N-ethyl adjacent to an activating group) is 1. The normalized spacial score (nSPS) is 16.8. The molecule has 1 amide bonds. The summed E-state index contributed by atoms with van der Waals surface area (Å²) >= 11 is 0. The Balaban J connectivity index is 1.84. The monoisotopic (exact) mass is 395 g/mol. The number of halogens is 3. The van der Waals surface area contributed by atoms with Crippen LogP contribution in [0.3, 0.4) is 0 Å². The third-order valence-corrected chi connectivity index (χ3v) is 5.33. The van der Waals surface area contributed by atoms with Crippen LogP contribution in [0.1, 0.15) is 18.4 Å². The number of carbonyl (C=O) groups is 1. The number of rotatable bonds is 5. The molecule has 1 saturated heterocycles. The van der Waals surface area contributed by atoms with Gasteiger partial charge < -0.3 is 9.64 Å². The maximum absolute atomic E-state index is 12.5. The van der Waals surface area contributed by atoms with Crippen LogP contribution >= 0.6 is 0 Å². The van der Waals surface area contributed by atoms with E-state index < -0.39 is 21.8 Å². The van der Waals surface area contributed by atoms with E-state index in [1.165, 1.54) is 13.1 Å². The molecule has 146 valence electrons. The van der Waals surface area contributed by atoms with Crippen molar-refractivity contribution in [1.29, 1.82) is 0 Å². The zero-order chi connectivity index (χ0) is 19.5. The number of alkyl halides is 3. The Labute approximate surface area is 149 Å². The molecule has 0 spiro atoms. The number of sulfonamides is 1. The van der Waals surface area contributed by atoms with Crippen LogP contribution in [0, 0.1) is 0 Å². The van der Waals surface area contributed by atoms with Crippen molar-refractivity contribution in [2.24, 2.45) is 0 Å². The second kappa shape index (κ2) is 7.78. The molecule has 0 saturated carbocycles. The van der Waals surface area contributed by atoms with Gasteiger partial charge in [0.25, 0.3) is 0 Å². The third-order valence-electron chi connectivity index (χ3n) is 4.07. The Morgan fingerprint density at radius 2 is 1.96 bits per heavy atom. The predicted molar refractivity (Wildman–Crippen MR) is 86.9 cm³/mol. The van der Waals surface area contributed by atoms with Crippen molar-refractivity contribution >= 4 is 15.9 Å². The predicted octanol–water partition coefficient (Wildman–Crippen LogP) is 1.36. The molecule has 1 fully saturated rings. The highest BCUT2D eigenvalue weighted by molar-refractivity contribution is 7.88. The van der Waals surface area contributed by atoms with E-state index >= 15 is 0 Å². The van der Waals surface area contributed by atoms with Crippen molar-refractivity contribution in [2.45, 2.75) is 25.1 Å². The number of hydrogen-bond acceptors (Lipinski definition) is 5. The Morgan fingerprint density at radius 3 is 2.42 bits per heavy atom. The van der Waals surface area contributed by atoms with Gasteiger partial charge in [-0.15, -0.1) is 0 Å². The van der Waals surface area contributed by atoms with Crippen LogP contribution in [-0.2, 0) is 21.0 Å². The lowest BCUT2D eigenvalue weighted by molar-refractivity contribution is -0.137. The summed E-state index contributed by atoms with van der Waals surface area (Å²) in [5.74, 6) is -0.205. The second-order valence-corrected chi connectivity index (χ2v) is 8.19. The second-order valence-electron chi connectivity index (χ2n) is 6.10. The van der Waals surface area contributed by atoms with Gasteiger partial charge in [0.2, 0.25) is 21.8 Å². The van der Waals surface area contributed by atoms with E-state index in [0.29, 0.717) is 25.9 Å². The van der Waals surface area contributed by atoms with Crippen LogP contribution in [-0.4, -0.2) is 67.6 Å². The molecule has 11 heteroatoms. The fourth-order valence-electron chi connectivity index (χ4n) is 2.42. The smallest absolute Gasteiger partial charge is 0.417 e. The highest BCUT2D eigenvalue weighted by Gasteiger charge is 2.31. The van der Waals surface area contributed by atoms with Gasteiger partial charge in [-0.1, -0.05) is 0 Å². The minimum Gasteiger partial charge on any atom is -0.474 e. The van der Waals surface area contributed by atoms with Crippen molar-refractivity contribution in [2.75, 3.05) is 32.9 Å². The van der Waals surface area contributed by atoms with E-state index in [1.807, 2.05) is 0 Å². The van der Waals surface area contributed by atoms with Gasteiger partial charge >= 0.3 is 6.18 Å². The number of aromatic nitrogens is 1. The third kappa shape index (κ3) is 5.56. The fraction of sp³-hybridized carbons (Fsp3) is 0.600. The van der Waals surface area contributed by atoms with E-state index in [1.54, 1.807) is 4.90 Å². The summed E-state index contributed by atoms with van der Waals surface area (Å²) in [5, 5.41) is 0. The van der Waals surface area contributed by atoms with E-state index in [9.17, 15) is 26.4 Å². The number of hydrogen-bond donors (Lipinski definition) is 0. The van der Waals surface area contributed by atoms with Crippen LogP contribution in [0.5, 0.6) is 5.88 Å². The zero-order valence-corrected chi connectivity index (χ0v) is 15.2. The lowest BCUT2D eigenvalue weighted by Crippen LogP contribution is -2.46. The number of piperidine rings is 1. The maximum atomic E-state index is 12.5. The molecule has 0 radical (unpaired) electrons. The van der Waals surface area contributed by atoms with Crippen LogP contribution < -0.4 is 4.74 Å². The maximum Gasteiger partial charge on any atom is 0.417 e. The first kappa shape index (κ1) is 20.4. The molecule has 0 atom stereocenters. The Morgan fingerprint density at radius 1 is 1.35 bits per heavy atom. The number of likely N-dealkylation sites (tertiary alicyclic amines) is 1. The van der Waals surface area contributed by atoms with Crippen LogP contribution in [0.25, 0.3) is 0 Å². The summed E-state index contributed by atoms with van der Waals surface area (Å²) in [6.45, 7) is 0.522. The number of pyridine rings is 1. The van der Waals surface area contributed by atoms with Gasteiger partial charge in [0.05, 0.1) is 18.4 Å². The summed E-state index contributed by atoms with van der Waals surface area (Å²) in [4.78, 5) is 17.3. The molecule has 1 aliphatic rings. The van der Waals surface area contributed by atoms with Gasteiger partial charge in [-0.2, -0.15) is 17.5 Å². The van der Waals surface area contributed by atoms with E-state index in [4.69, 9.17) is 4.74 Å². The van der Waals surface area contributed by atoms with Gasteiger partial charge in [0.15, 0.2) is 0 Å². The van der Waals surface area contributed by atoms with Gasteiger partial charge in [-0.3, -0.25) is 4.79 Å². The average molecular weight is 395 g/mol. The first-order valence-electron chi connectivity index (χ1n) is 7.86. The molecule has 0 bridgehead atoms. The van der Waals surface area contributed by atoms with E-state index in [-0.39, 0.29) is 24.4 Å². The van der Waals surface area contributed by atoms with Gasteiger partial charge in [-0.25, -0.2) is 13.4 Å². The molecular formula is C15H20F3N3O4S. The number of carbonyl (C=O) groups excluding carboxylic acids is 1. The molecule has 7 nitrogen and oxygen atoms in total. The summed E-state index contributed by atoms with van der Waals surface area (Å²) in [5.41, 5.74) is -0.847. The van der Waals surface area contributed by atoms with Crippen LogP contribution in [0.4, 0.5) is 13.2 Å². The minimum absolute atomic E-state index is 0.0968. The number of amides is 1. The fourth-order valence-corrected chi connectivity index (χ4v) is 2.76. The highest BCUT2D eigenvalue weighted by Crippen LogP contribution is 2.29. The largest absolute Gasteiger partial charge is 0.474 e. The molecular weight excluding hydrogens is 375 g/mol. The van der Waals surface area contributed by atoms with Crippen LogP contribution in [0.2, 0.25) is 0 Å². The zero-order valence-electron chi connectivity index (χ0n) is 14.4. The van der Waals surface area contributed by atoms with Crippen molar-refractivity contribution in [3.63, 3.8) is 0 Å². The number of nitrogens with zero attached hydrogens (tertiary/aromatic N) is 3. The molecule has 0 N–H and O–H groups in total. The van der Waals surface area contributed by atoms with Crippen molar-refractivity contribution in [3.8, 4) is 5.88 Å². The molecule has 0 aliphatic carbocycles. The van der Waals surface area contributed by atoms with E-state index in [0.717, 1.165) is 22.8 Å². The minimum atomic E-state index is -4.45. The molecule has 2 heterocycles. The molecule has 1 aromatic heterocycles. The quantitative estimate of drug-likeness (QED) is 0.752. The van der Waals surface area contributed by atoms with Gasteiger partial charge in [-0.05, 0) is 6.07 Å². The average Bonchev–Trinajstić information content (AvgIpc) is 2.54. The van der Waals surface area contributed by atoms with Crippen molar-refractivity contribution in [3.05, 3.63) is 23.9 Å². The molecule has 1 aromatic rings. The Kier molecular flexibility index (Phi) is 6.12. The summed E-state index contributed by atoms with van der Waals surface area (Å²) in [6, 6.07) is 2.07. The van der Waals surface area contributed by atoms with Crippen LogP contribution in [0.15, 0.2) is 18.3 Å². The highest BCUT2D eigenvalue weighted by atomic mass is 32.2. The Bertz CT molecular complexity index is 729. The summed E-state index contributed by atoms with van der Waals surface area (Å²) in [7, 11) is -2.10. The standard InChI is InChI=1S/C15H20F3N3O4S/c1-20(26(2,23)24)10-14(22)21-7-5-12(6-8-21)25-13-4-3-11(9-19-13)15(16,17)18/h3-4,9,12H,5-8,10H2,1-2H3. The summed E-state index contributed by atoms with van der Waals surface area (Å²) in [6.07, 6.45) is -2.01. The SMILES string of the molecule is CN(CC(=O)N1CCC(Oc2ccc(C(F)(F)F)cn2)CC1)S(C)(=O)=O. The first-order valence-corrected chi connectivity index (χ1v) is 9.70.